The monoisotopic (exact) mass is 440 g/mol. The first-order valence-electron chi connectivity index (χ1n) is 10.6. The number of thiophene rings is 1. The number of fused-ring (bicyclic) bond motifs is 1. The van der Waals surface area contributed by atoms with Crippen LogP contribution in [0, 0.1) is 12.3 Å². The summed E-state index contributed by atoms with van der Waals surface area (Å²) in [5.41, 5.74) is 3.17. The Kier molecular flexibility index (Phi) is 5.56. The van der Waals surface area contributed by atoms with Crippen molar-refractivity contribution in [1.82, 2.24) is 0 Å². The summed E-state index contributed by atoms with van der Waals surface area (Å²) in [5, 5.41) is 15.0. The van der Waals surface area contributed by atoms with Crippen molar-refractivity contribution in [1.29, 1.82) is 0 Å². The molecule has 0 bridgehead atoms. The van der Waals surface area contributed by atoms with Crippen molar-refractivity contribution in [2.45, 2.75) is 46.6 Å². The second-order valence-electron chi connectivity index (χ2n) is 9.17. The number of hydrogen-bond acceptors (Lipinski definition) is 6. The number of carbonyl (C=O) groups is 1. The molecule has 0 spiro atoms. The van der Waals surface area contributed by atoms with E-state index in [-0.39, 0.29) is 16.3 Å². The number of nitrogens with one attached hydrogen (secondary N) is 1. The Labute approximate surface area is 185 Å². The number of aryl methyl sites for hydroxylation is 1. The second kappa shape index (κ2) is 8.04. The number of aromatic carboxylic acids is 1. The van der Waals surface area contributed by atoms with Crippen molar-refractivity contribution in [2.75, 3.05) is 23.3 Å². The third kappa shape index (κ3) is 4.32. The molecule has 0 radical (unpaired) electrons. The number of nitrogens with zero attached hydrogens (tertiary/aromatic N) is 1. The predicted molar refractivity (Wildman–Crippen MR) is 126 cm³/mol. The van der Waals surface area contributed by atoms with Crippen LogP contribution in [-0.4, -0.2) is 24.2 Å². The quantitative estimate of drug-likeness (QED) is 0.533. The van der Waals surface area contributed by atoms with Crippen LogP contribution in [-0.2, 0) is 0 Å². The lowest BCUT2D eigenvalue weighted by molar-refractivity contribution is 0.0703. The Morgan fingerprint density at radius 3 is 2.65 bits per heavy atom. The molecule has 164 valence electrons. The van der Waals surface area contributed by atoms with Crippen LogP contribution in [0.5, 0.6) is 0 Å². The van der Waals surface area contributed by atoms with Gasteiger partial charge in [0, 0.05) is 24.7 Å². The van der Waals surface area contributed by atoms with E-state index in [9.17, 15) is 14.7 Å². The third-order valence-corrected chi connectivity index (χ3v) is 7.02. The molecule has 3 aromatic rings. The highest BCUT2D eigenvalue weighted by Crippen LogP contribution is 2.35. The lowest BCUT2D eigenvalue weighted by Gasteiger charge is -2.37. The summed E-state index contributed by atoms with van der Waals surface area (Å²) < 4.78 is 6.33. The summed E-state index contributed by atoms with van der Waals surface area (Å²) in [5.74, 6) is -0.354. The van der Waals surface area contributed by atoms with Gasteiger partial charge in [-0.15, -0.1) is 11.3 Å². The van der Waals surface area contributed by atoms with Crippen LogP contribution in [0.15, 0.2) is 38.9 Å². The molecule has 1 fully saturated rings. The van der Waals surface area contributed by atoms with Gasteiger partial charge in [0.2, 0.25) is 0 Å². The molecule has 1 atom stereocenters. The number of hydrogen-bond donors (Lipinski definition) is 2. The molecular weight excluding hydrogens is 412 g/mol. The van der Waals surface area contributed by atoms with E-state index in [1.165, 1.54) is 11.3 Å². The van der Waals surface area contributed by atoms with Crippen molar-refractivity contribution in [3.05, 3.63) is 55.9 Å². The molecule has 7 heteroatoms. The zero-order valence-electron chi connectivity index (χ0n) is 18.3. The summed E-state index contributed by atoms with van der Waals surface area (Å²) in [6, 6.07) is 6.98. The van der Waals surface area contributed by atoms with Gasteiger partial charge in [0.1, 0.15) is 10.5 Å². The molecule has 1 aliphatic heterocycles. The molecule has 2 N–H and O–H groups in total. The fraction of sp³-hybridized carbons (Fsp3) is 0.417. The van der Waals surface area contributed by atoms with Gasteiger partial charge in [0.15, 0.2) is 11.3 Å². The summed E-state index contributed by atoms with van der Waals surface area (Å²) in [6.45, 7) is 10.1. The van der Waals surface area contributed by atoms with Crippen molar-refractivity contribution in [3.63, 3.8) is 0 Å². The second-order valence-corrected chi connectivity index (χ2v) is 10.1. The van der Waals surface area contributed by atoms with Gasteiger partial charge in [-0.2, -0.15) is 0 Å². The minimum atomic E-state index is -0.958. The summed E-state index contributed by atoms with van der Waals surface area (Å²) >= 11 is 1.18. The number of piperidine rings is 1. The lowest BCUT2D eigenvalue weighted by atomic mass is 9.83. The van der Waals surface area contributed by atoms with E-state index in [1.807, 2.05) is 26.0 Å². The molecule has 6 nitrogen and oxygen atoms in total. The summed E-state index contributed by atoms with van der Waals surface area (Å²) in [7, 11) is 0. The van der Waals surface area contributed by atoms with Crippen molar-refractivity contribution in [2.24, 2.45) is 5.41 Å². The molecule has 0 aliphatic carbocycles. The first kappa shape index (κ1) is 21.4. The van der Waals surface area contributed by atoms with Crippen LogP contribution in [0.3, 0.4) is 0 Å². The number of benzene rings is 1. The highest BCUT2D eigenvalue weighted by Gasteiger charge is 2.27. The van der Waals surface area contributed by atoms with Crippen molar-refractivity contribution < 1.29 is 14.3 Å². The van der Waals surface area contributed by atoms with E-state index in [0.29, 0.717) is 28.0 Å². The Morgan fingerprint density at radius 2 is 1.97 bits per heavy atom. The molecule has 3 heterocycles. The van der Waals surface area contributed by atoms with Crippen LogP contribution >= 0.6 is 11.3 Å². The smallest absolute Gasteiger partial charge is 0.348 e. The zero-order chi connectivity index (χ0) is 22.3. The van der Waals surface area contributed by atoms with Gasteiger partial charge >= 0.3 is 5.97 Å². The van der Waals surface area contributed by atoms with Gasteiger partial charge in [-0.25, -0.2) is 4.79 Å². The van der Waals surface area contributed by atoms with Gasteiger partial charge in [0.25, 0.3) is 0 Å². The maximum absolute atomic E-state index is 13.0. The zero-order valence-corrected chi connectivity index (χ0v) is 19.1. The minimum Gasteiger partial charge on any atom is -0.477 e. The predicted octanol–water partition coefficient (Wildman–Crippen LogP) is 5.66. The first-order valence-corrected chi connectivity index (χ1v) is 11.4. The number of rotatable bonds is 5. The molecule has 1 unspecified atom stereocenters. The fourth-order valence-corrected chi connectivity index (χ4v) is 4.83. The Bertz CT molecular complexity index is 1180. The van der Waals surface area contributed by atoms with Gasteiger partial charge in [0.05, 0.1) is 17.1 Å². The number of anilines is 2. The standard InChI is InChI=1S/C24H28N2O4S/c1-14-11-16(15(2)25-18-5-10-31-22(18)23(28)29)21-17(12-14)19(27)13-20(30-21)26-8-6-24(3,4)7-9-26/h5,10-13,15,25H,6-9H2,1-4H3,(H,28,29). The van der Waals surface area contributed by atoms with E-state index in [0.717, 1.165) is 37.1 Å². The summed E-state index contributed by atoms with van der Waals surface area (Å²) in [6.07, 6.45) is 2.09. The van der Waals surface area contributed by atoms with Gasteiger partial charge in [-0.3, -0.25) is 4.79 Å². The van der Waals surface area contributed by atoms with Crippen LogP contribution in [0.4, 0.5) is 11.6 Å². The molecule has 1 saturated heterocycles. The molecule has 0 saturated carbocycles. The maximum Gasteiger partial charge on any atom is 0.348 e. The molecule has 1 aromatic carbocycles. The molecule has 0 amide bonds. The maximum atomic E-state index is 13.0. The molecule has 2 aromatic heterocycles. The van der Waals surface area contributed by atoms with E-state index in [1.54, 1.807) is 17.5 Å². The lowest BCUT2D eigenvalue weighted by Crippen LogP contribution is -2.37. The first-order chi connectivity index (χ1) is 14.6. The topological polar surface area (TPSA) is 82.8 Å². The van der Waals surface area contributed by atoms with E-state index in [4.69, 9.17) is 4.42 Å². The average molecular weight is 441 g/mol. The van der Waals surface area contributed by atoms with Crippen LogP contribution in [0.25, 0.3) is 11.0 Å². The van der Waals surface area contributed by atoms with Gasteiger partial charge in [-0.1, -0.05) is 19.9 Å². The van der Waals surface area contributed by atoms with Crippen molar-refractivity contribution >= 4 is 39.8 Å². The highest BCUT2D eigenvalue weighted by molar-refractivity contribution is 7.12. The summed E-state index contributed by atoms with van der Waals surface area (Å²) in [4.78, 5) is 26.9. The number of carboxylic acid groups (broad SMARTS) is 1. The third-order valence-electron chi connectivity index (χ3n) is 6.12. The molecular formula is C24H28N2O4S. The van der Waals surface area contributed by atoms with Gasteiger partial charge < -0.3 is 19.7 Å². The Hall–Kier alpha value is -2.80. The fourth-order valence-electron chi connectivity index (χ4n) is 4.13. The number of carboxylic acids is 1. The SMILES string of the molecule is Cc1cc(C(C)Nc2ccsc2C(=O)O)c2oc(N3CCC(C)(C)CC3)cc(=O)c2c1. The largest absolute Gasteiger partial charge is 0.477 e. The molecule has 1 aliphatic rings. The average Bonchev–Trinajstić information content (AvgIpc) is 3.16. The van der Waals surface area contributed by atoms with Crippen molar-refractivity contribution in [3.8, 4) is 0 Å². The Balaban J connectivity index is 1.74. The van der Waals surface area contributed by atoms with Crippen LogP contribution < -0.4 is 15.6 Å². The minimum absolute atomic E-state index is 0.0556. The van der Waals surface area contributed by atoms with Crippen LogP contribution in [0.1, 0.15) is 60.5 Å². The molecule has 4 rings (SSSR count). The molecule has 31 heavy (non-hydrogen) atoms. The van der Waals surface area contributed by atoms with Crippen LogP contribution in [0.2, 0.25) is 0 Å². The highest BCUT2D eigenvalue weighted by atomic mass is 32.1. The Morgan fingerprint density at radius 1 is 1.26 bits per heavy atom. The van der Waals surface area contributed by atoms with E-state index < -0.39 is 5.97 Å². The van der Waals surface area contributed by atoms with E-state index >= 15 is 0 Å². The normalized spacial score (nSPS) is 17.0. The van der Waals surface area contributed by atoms with Gasteiger partial charge in [-0.05, 0) is 55.2 Å². The van der Waals surface area contributed by atoms with E-state index in [2.05, 4.69) is 24.1 Å².